The minimum absolute atomic E-state index is 0.677. The summed E-state index contributed by atoms with van der Waals surface area (Å²) in [5, 5.41) is 1.24. The molecule has 2 nitrogen and oxygen atoms in total. The Bertz CT molecular complexity index is 712. The molecule has 0 radical (unpaired) electrons. The van der Waals surface area contributed by atoms with E-state index in [-0.39, 0.29) is 0 Å². The van der Waals surface area contributed by atoms with Gasteiger partial charge in [-0.15, -0.1) is 0 Å². The molecule has 0 spiro atoms. The van der Waals surface area contributed by atoms with Crippen molar-refractivity contribution in [1.82, 2.24) is 4.98 Å². The van der Waals surface area contributed by atoms with Gasteiger partial charge in [-0.2, -0.15) is 0 Å². The molecule has 0 saturated heterocycles. The first-order valence-electron chi connectivity index (χ1n) is 6.60. The van der Waals surface area contributed by atoms with Crippen LogP contribution in [0.15, 0.2) is 48.5 Å². The topological polar surface area (TPSA) is 25.0 Å². The summed E-state index contributed by atoms with van der Waals surface area (Å²) >= 11 is 0. The highest BCUT2D eigenvalue weighted by Gasteiger charge is 2.09. The monoisotopic (exact) mass is 251 g/mol. The summed E-state index contributed by atoms with van der Waals surface area (Å²) in [4.78, 5) is 3.50. The van der Waals surface area contributed by atoms with E-state index in [0.29, 0.717) is 6.61 Å². The summed E-state index contributed by atoms with van der Waals surface area (Å²) in [6, 6.07) is 16.7. The number of fused-ring (bicyclic) bond motifs is 1. The molecule has 0 unspecified atom stereocenters. The third-order valence-electron chi connectivity index (χ3n) is 3.34. The van der Waals surface area contributed by atoms with E-state index in [9.17, 15) is 0 Å². The summed E-state index contributed by atoms with van der Waals surface area (Å²) in [6.07, 6.45) is 0. The third kappa shape index (κ3) is 2.10. The highest BCUT2D eigenvalue weighted by Crippen LogP contribution is 2.32. The molecule has 19 heavy (non-hydrogen) atoms. The molecule has 1 N–H and O–H groups in total. The molecular formula is C17H17NO. The van der Waals surface area contributed by atoms with Crippen molar-refractivity contribution in [2.24, 2.45) is 0 Å². The Kier molecular flexibility index (Phi) is 3.00. The first-order valence-corrected chi connectivity index (χ1v) is 6.60. The van der Waals surface area contributed by atoms with Crippen LogP contribution in [0.2, 0.25) is 0 Å². The van der Waals surface area contributed by atoms with E-state index in [1.54, 1.807) is 0 Å². The number of nitrogens with one attached hydrogen (secondary N) is 1. The minimum Gasteiger partial charge on any atom is -0.493 e. The molecule has 0 amide bonds. The Morgan fingerprint density at radius 3 is 2.68 bits per heavy atom. The van der Waals surface area contributed by atoms with Gasteiger partial charge < -0.3 is 9.72 Å². The van der Waals surface area contributed by atoms with Gasteiger partial charge in [0.1, 0.15) is 5.75 Å². The number of para-hydroxylation sites is 2. The molecule has 0 fully saturated rings. The van der Waals surface area contributed by atoms with Gasteiger partial charge in [0.05, 0.1) is 12.3 Å². The second kappa shape index (κ2) is 4.81. The number of hydrogen-bond acceptors (Lipinski definition) is 1. The van der Waals surface area contributed by atoms with Crippen LogP contribution in [0.5, 0.6) is 5.75 Å². The predicted molar refractivity (Wildman–Crippen MR) is 79.6 cm³/mol. The summed E-state index contributed by atoms with van der Waals surface area (Å²) in [5.74, 6) is 0.925. The second-order valence-electron chi connectivity index (χ2n) is 4.65. The lowest BCUT2D eigenvalue weighted by atomic mass is 10.1. The van der Waals surface area contributed by atoms with Crippen LogP contribution >= 0.6 is 0 Å². The first-order chi connectivity index (χ1) is 9.29. The van der Waals surface area contributed by atoms with Crippen LogP contribution in [0.25, 0.3) is 22.2 Å². The van der Waals surface area contributed by atoms with Crippen molar-refractivity contribution < 1.29 is 4.74 Å². The van der Waals surface area contributed by atoms with E-state index >= 15 is 0 Å². The van der Waals surface area contributed by atoms with Gasteiger partial charge in [-0.1, -0.05) is 30.3 Å². The van der Waals surface area contributed by atoms with Crippen molar-refractivity contribution in [3.05, 3.63) is 54.1 Å². The number of hydrogen-bond donors (Lipinski definition) is 1. The zero-order valence-corrected chi connectivity index (χ0v) is 11.2. The maximum Gasteiger partial charge on any atom is 0.128 e. The number of H-pyrrole nitrogens is 1. The van der Waals surface area contributed by atoms with Gasteiger partial charge in [0.15, 0.2) is 0 Å². The van der Waals surface area contributed by atoms with Crippen LogP contribution in [-0.2, 0) is 0 Å². The molecule has 1 aromatic heterocycles. The van der Waals surface area contributed by atoms with Crippen molar-refractivity contribution in [2.75, 3.05) is 6.61 Å². The Labute approximate surface area is 113 Å². The van der Waals surface area contributed by atoms with Crippen molar-refractivity contribution in [1.29, 1.82) is 0 Å². The highest BCUT2D eigenvalue weighted by molar-refractivity contribution is 5.89. The molecule has 2 heteroatoms. The Hall–Kier alpha value is -2.22. The van der Waals surface area contributed by atoms with E-state index in [4.69, 9.17) is 4.74 Å². The van der Waals surface area contributed by atoms with Gasteiger partial charge in [-0.05, 0) is 37.6 Å². The first kappa shape index (κ1) is 11.8. The average Bonchev–Trinajstić information content (AvgIpc) is 2.85. The van der Waals surface area contributed by atoms with Gasteiger partial charge >= 0.3 is 0 Å². The van der Waals surface area contributed by atoms with Gasteiger partial charge in [-0.3, -0.25) is 0 Å². The lowest BCUT2D eigenvalue weighted by molar-refractivity contribution is 0.341. The molecular weight excluding hydrogens is 234 g/mol. The molecule has 0 saturated carbocycles. The average molecular weight is 251 g/mol. The summed E-state index contributed by atoms with van der Waals surface area (Å²) < 4.78 is 5.70. The van der Waals surface area contributed by atoms with Gasteiger partial charge in [0.2, 0.25) is 0 Å². The van der Waals surface area contributed by atoms with Crippen LogP contribution in [0.1, 0.15) is 12.5 Å². The fourth-order valence-electron chi connectivity index (χ4n) is 2.42. The lowest BCUT2D eigenvalue weighted by Crippen LogP contribution is -1.93. The van der Waals surface area contributed by atoms with Crippen molar-refractivity contribution in [3.63, 3.8) is 0 Å². The van der Waals surface area contributed by atoms with Crippen LogP contribution in [0.3, 0.4) is 0 Å². The van der Waals surface area contributed by atoms with E-state index in [2.05, 4.69) is 42.2 Å². The maximum atomic E-state index is 5.70. The van der Waals surface area contributed by atoms with E-state index in [0.717, 1.165) is 17.0 Å². The molecule has 0 aliphatic carbocycles. The molecule has 3 aromatic rings. The molecule has 3 rings (SSSR count). The third-order valence-corrected chi connectivity index (χ3v) is 3.34. The highest BCUT2D eigenvalue weighted by atomic mass is 16.5. The smallest absolute Gasteiger partial charge is 0.128 e. The molecule has 1 heterocycles. The molecule has 0 aliphatic heterocycles. The fourth-order valence-corrected chi connectivity index (χ4v) is 2.42. The van der Waals surface area contributed by atoms with Crippen molar-refractivity contribution in [2.45, 2.75) is 13.8 Å². The van der Waals surface area contributed by atoms with Gasteiger partial charge in [0.25, 0.3) is 0 Å². The number of aryl methyl sites for hydroxylation is 1. The number of benzene rings is 2. The van der Waals surface area contributed by atoms with Crippen molar-refractivity contribution >= 4 is 10.9 Å². The largest absolute Gasteiger partial charge is 0.493 e. The number of ether oxygens (including phenoxy) is 1. The Morgan fingerprint density at radius 2 is 1.89 bits per heavy atom. The summed E-state index contributed by atoms with van der Waals surface area (Å²) in [6.45, 7) is 4.81. The number of aromatic nitrogens is 1. The van der Waals surface area contributed by atoms with Crippen LogP contribution in [-0.4, -0.2) is 11.6 Å². The second-order valence-corrected chi connectivity index (χ2v) is 4.65. The van der Waals surface area contributed by atoms with Crippen LogP contribution < -0.4 is 4.74 Å². The lowest BCUT2D eigenvalue weighted by Gasteiger charge is -2.08. The van der Waals surface area contributed by atoms with Crippen LogP contribution in [0.4, 0.5) is 0 Å². The Morgan fingerprint density at radius 1 is 1.05 bits per heavy atom. The summed E-state index contributed by atoms with van der Waals surface area (Å²) in [7, 11) is 0. The van der Waals surface area contributed by atoms with E-state index in [1.165, 1.54) is 16.5 Å². The SMILES string of the molecule is CCOc1ccccc1-c1cc2cccc(C)c2[nH]1. The Balaban J connectivity index is 2.17. The van der Waals surface area contributed by atoms with Crippen molar-refractivity contribution in [3.8, 4) is 17.0 Å². The quantitative estimate of drug-likeness (QED) is 0.726. The minimum atomic E-state index is 0.677. The molecule has 0 atom stereocenters. The number of aromatic amines is 1. The fraction of sp³-hybridized carbons (Fsp3) is 0.176. The van der Waals surface area contributed by atoms with E-state index in [1.807, 2.05) is 25.1 Å². The molecule has 0 bridgehead atoms. The van der Waals surface area contributed by atoms with Gasteiger partial charge in [-0.25, -0.2) is 0 Å². The molecule has 0 aliphatic rings. The zero-order valence-electron chi connectivity index (χ0n) is 11.2. The molecule has 2 aromatic carbocycles. The molecule has 96 valence electrons. The maximum absolute atomic E-state index is 5.70. The van der Waals surface area contributed by atoms with E-state index < -0.39 is 0 Å². The summed E-state index contributed by atoms with van der Waals surface area (Å²) in [5.41, 5.74) is 4.68. The predicted octanol–water partition coefficient (Wildman–Crippen LogP) is 4.54. The van der Waals surface area contributed by atoms with Crippen LogP contribution in [0, 0.1) is 6.92 Å². The normalized spacial score (nSPS) is 10.8. The zero-order chi connectivity index (χ0) is 13.2. The standard InChI is InChI=1S/C17H17NO/c1-3-19-16-10-5-4-9-14(16)15-11-13-8-6-7-12(2)17(13)18-15/h4-11,18H,3H2,1-2H3. The van der Waals surface area contributed by atoms with Gasteiger partial charge in [0, 0.05) is 16.5 Å². The number of rotatable bonds is 3.